The van der Waals surface area contributed by atoms with Crippen molar-refractivity contribution in [3.05, 3.63) is 0 Å². The third kappa shape index (κ3) is 1.78. The molecule has 0 aromatic heterocycles. The van der Waals surface area contributed by atoms with E-state index < -0.39 is 5.97 Å². The van der Waals surface area contributed by atoms with Gasteiger partial charge in [0.05, 0.1) is 5.92 Å². The molecule has 0 aromatic rings. The number of carbonyl (C=O) groups is 1. The lowest BCUT2D eigenvalue weighted by atomic mass is 9.95. The molecule has 0 radical (unpaired) electrons. The lowest BCUT2D eigenvalue weighted by Gasteiger charge is -2.24. The SMILES string of the molecule is CCC(C(=O)O)C1CCCN1C. The predicted octanol–water partition coefficient (Wildman–Crippen LogP) is 1.19. The fourth-order valence-electron chi connectivity index (χ4n) is 2.06. The lowest BCUT2D eigenvalue weighted by Crippen LogP contribution is -2.36. The van der Waals surface area contributed by atoms with E-state index >= 15 is 0 Å². The summed E-state index contributed by atoms with van der Waals surface area (Å²) >= 11 is 0. The largest absolute Gasteiger partial charge is 0.481 e. The highest BCUT2D eigenvalue weighted by atomic mass is 16.4. The van der Waals surface area contributed by atoms with Crippen LogP contribution in [0.2, 0.25) is 0 Å². The van der Waals surface area contributed by atoms with Crippen LogP contribution in [0.4, 0.5) is 0 Å². The molecule has 70 valence electrons. The van der Waals surface area contributed by atoms with Gasteiger partial charge in [-0.2, -0.15) is 0 Å². The van der Waals surface area contributed by atoms with Crippen molar-refractivity contribution in [2.75, 3.05) is 13.6 Å². The summed E-state index contributed by atoms with van der Waals surface area (Å²) in [5.41, 5.74) is 0. The first-order chi connectivity index (χ1) is 5.66. The van der Waals surface area contributed by atoms with Gasteiger partial charge in [0.2, 0.25) is 0 Å². The van der Waals surface area contributed by atoms with Crippen LogP contribution in [0.1, 0.15) is 26.2 Å². The fourth-order valence-corrected chi connectivity index (χ4v) is 2.06. The van der Waals surface area contributed by atoms with Gasteiger partial charge in [0.15, 0.2) is 0 Å². The molecule has 0 aliphatic carbocycles. The van der Waals surface area contributed by atoms with Crippen molar-refractivity contribution in [1.29, 1.82) is 0 Å². The Hall–Kier alpha value is -0.570. The Balaban J connectivity index is 2.58. The summed E-state index contributed by atoms with van der Waals surface area (Å²) in [4.78, 5) is 13.0. The second-order valence-electron chi connectivity index (χ2n) is 3.54. The molecule has 0 spiro atoms. The van der Waals surface area contributed by atoms with Crippen molar-refractivity contribution in [2.45, 2.75) is 32.2 Å². The summed E-state index contributed by atoms with van der Waals surface area (Å²) < 4.78 is 0. The molecule has 1 heterocycles. The number of aliphatic carboxylic acids is 1. The summed E-state index contributed by atoms with van der Waals surface area (Å²) in [6.07, 6.45) is 2.93. The van der Waals surface area contributed by atoms with Crippen molar-refractivity contribution in [3.8, 4) is 0 Å². The maximum absolute atomic E-state index is 10.8. The number of carboxylic acids is 1. The zero-order valence-corrected chi connectivity index (χ0v) is 7.79. The smallest absolute Gasteiger partial charge is 0.308 e. The van der Waals surface area contributed by atoms with E-state index in [1.807, 2.05) is 14.0 Å². The van der Waals surface area contributed by atoms with Crippen LogP contribution < -0.4 is 0 Å². The van der Waals surface area contributed by atoms with Gasteiger partial charge in [0.25, 0.3) is 0 Å². The second kappa shape index (κ2) is 3.90. The molecular weight excluding hydrogens is 154 g/mol. The summed E-state index contributed by atoms with van der Waals surface area (Å²) in [6, 6.07) is 0.271. The van der Waals surface area contributed by atoms with Gasteiger partial charge in [-0.25, -0.2) is 0 Å². The maximum atomic E-state index is 10.8. The topological polar surface area (TPSA) is 40.5 Å². The van der Waals surface area contributed by atoms with E-state index in [0.717, 1.165) is 25.8 Å². The van der Waals surface area contributed by atoms with Gasteiger partial charge < -0.3 is 10.0 Å². The molecule has 3 nitrogen and oxygen atoms in total. The van der Waals surface area contributed by atoms with Gasteiger partial charge in [-0.3, -0.25) is 4.79 Å². The molecule has 2 unspecified atom stereocenters. The molecule has 1 aliphatic heterocycles. The van der Waals surface area contributed by atoms with Crippen LogP contribution >= 0.6 is 0 Å². The molecule has 1 rings (SSSR count). The number of hydrogen-bond acceptors (Lipinski definition) is 2. The van der Waals surface area contributed by atoms with Crippen LogP contribution in [0.3, 0.4) is 0 Å². The third-order valence-corrected chi connectivity index (χ3v) is 2.80. The van der Waals surface area contributed by atoms with Crippen LogP contribution in [0.5, 0.6) is 0 Å². The first kappa shape index (κ1) is 9.52. The lowest BCUT2D eigenvalue weighted by molar-refractivity contribution is -0.143. The molecule has 0 bridgehead atoms. The average molecular weight is 171 g/mol. The number of hydrogen-bond donors (Lipinski definition) is 1. The summed E-state index contributed by atoms with van der Waals surface area (Å²) in [5, 5.41) is 8.92. The molecule has 0 amide bonds. The van der Waals surface area contributed by atoms with Crippen LogP contribution in [0, 0.1) is 5.92 Å². The Labute approximate surface area is 73.4 Å². The van der Waals surface area contributed by atoms with Crippen molar-refractivity contribution in [1.82, 2.24) is 4.90 Å². The van der Waals surface area contributed by atoms with Crippen molar-refractivity contribution < 1.29 is 9.90 Å². The minimum Gasteiger partial charge on any atom is -0.481 e. The molecule has 12 heavy (non-hydrogen) atoms. The molecule has 1 N–H and O–H groups in total. The Bertz CT molecular complexity index is 170. The van der Waals surface area contributed by atoms with Crippen molar-refractivity contribution >= 4 is 5.97 Å². The zero-order chi connectivity index (χ0) is 9.14. The Morgan fingerprint density at radius 3 is 2.75 bits per heavy atom. The highest BCUT2D eigenvalue weighted by Crippen LogP contribution is 2.24. The molecule has 0 aromatic carbocycles. The number of carboxylic acid groups (broad SMARTS) is 1. The van der Waals surface area contributed by atoms with Crippen LogP contribution in [0.15, 0.2) is 0 Å². The minimum absolute atomic E-state index is 0.169. The summed E-state index contributed by atoms with van der Waals surface area (Å²) in [7, 11) is 2.02. The zero-order valence-electron chi connectivity index (χ0n) is 7.79. The Morgan fingerprint density at radius 2 is 2.42 bits per heavy atom. The van der Waals surface area contributed by atoms with Crippen LogP contribution in [-0.4, -0.2) is 35.6 Å². The quantitative estimate of drug-likeness (QED) is 0.693. The van der Waals surface area contributed by atoms with E-state index in [1.54, 1.807) is 0 Å². The first-order valence-corrected chi connectivity index (χ1v) is 4.59. The molecular formula is C9H17NO2. The summed E-state index contributed by atoms with van der Waals surface area (Å²) in [6.45, 7) is 3.00. The standard InChI is InChI=1S/C9H17NO2/c1-3-7(9(11)12)8-5-4-6-10(8)2/h7-8H,3-6H2,1-2H3,(H,11,12). The second-order valence-corrected chi connectivity index (χ2v) is 3.54. The maximum Gasteiger partial charge on any atom is 0.308 e. The Morgan fingerprint density at radius 1 is 1.75 bits per heavy atom. The predicted molar refractivity (Wildman–Crippen MR) is 47.1 cm³/mol. The number of likely N-dealkylation sites (tertiary alicyclic amines) is 1. The highest BCUT2D eigenvalue weighted by Gasteiger charge is 2.32. The van der Waals surface area contributed by atoms with E-state index in [1.165, 1.54) is 0 Å². The first-order valence-electron chi connectivity index (χ1n) is 4.59. The monoisotopic (exact) mass is 171 g/mol. The third-order valence-electron chi connectivity index (χ3n) is 2.80. The van der Waals surface area contributed by atoms with E-state index in [-0.39, 0.29) is 12.0 Å². The minimum atomic E-state index is -0.642. The van der Waals surface area contributed by atoms with Crippen molar-refractivity contribution in [2.24, 2.45) is 5.92 Å². The summed E-state index contributed by atoms with van der Waals surface area (Å²) in [5.74, 6) is -0.811. The van der Waals surface area contributed by atoms with Crippen LogP contribution in [-0.2, 0) is 4.79 Å². The molecule has 0 saturated carbocycles. The van der Waals surface area contributed by atoms with Gasteiger partial charge in [-0.1, -0.05) is 6.92 Å². The van der Waals surface area contributed by atoms with Gasteiger partial charge >= 0.3 is 5.97 Å². The number of rotatable bonds is 3. The van der Waals surface area contributed by atoms with E-state index in [4.69, 9.17) is 5.11 Å². The van der Waals surface area contributed by atoms with E-state index in [2.05, 4.69) is 4.90 Å². The Kier molecular flexibility index (Phi) is 3.09. The normalized spacial score (nSPS) is 27.3. The van der Waals surface area contributed by atoms with E-state index in [0.29, 0.717) is 0 Å². The molecule has 1 saturated heterocycles. The molecule has 1 fully saturated rings. The molecule has 3 heteroatoms. The highest BCUT2D eigenvalue weighted by molar-refractivity contribution is 5.70. The van der Waals surface area contributed by atoms with Crippen molar-refractivity contribution in [3.63, 3.8) is 0 Å². The number of nitrogens with zero attached hydrogens (tertiary/aromatic N) is 1. The van der Waals surface area contributed by atoms with Gasteiger partial charge in [-0.15, -0.1) is 0 Å². The van der Waals surface area contributed by atoms with Gasteiger partial charge in [0.1, 0.15) is 0 Å². The molecule has 1 aliphatic rings. The van der Waals surface area contributed by atoms with Crippen LogP contribution in [0.25, 0.3) is 0 Å². The fraction of sp³-hybridized carbons (Fsp3) is 0.889. The molecule has 2 atom stereocenters. The average Bonchev–Trinajstić information content (AvgIpc) is 2.38. The van der Waals surface area contributed by atoms with Gasteiger partial charge in [0, 0.05) is 6.04 Å². The van der Waals surface area contributed by atoms with Gasteiger partial charge in [-0.05, 0) is 32.9 Å². The van der Waals surface area contributed by atoms with E-state index in [9.17, 15) is 4.79 Å².